The zero-order valence-corrected chi connectivity index (χ0v) is 16.1. The normalized spacial score (nSPS) is 19.2. The molecule has 3 aromatic rings. The topological polar surface area (TPSA) is 60.8 Å². The highest BCUT2D eigenvalue weighted by Crippen LogP contribution is 2.38. The second-order valence-electron chi connectivity index (χ2n) is 7.00. The highest BCUT2D eigenvalue weighted by molar-refractivity contribution is 6.00. The number of hydrogen-bond donors (Lipinski definition) is 0. The number of amides is 1. The molecule has 144 valence electrons. The first kappa shape index (κ1) is 18.1. The molecule has 6 nitrogen and oxygen atoms in total. The molecule has 1 aromatic heterocycles. The molecule has 0 spiro atoms. The lowest BCUT2D eigenvalue weighted by atomic mass is 9.92. The molecule has 0 fully saturated rings. The summed E-state index contributed by atoms with van der Waals surface area (Å²) in [5, 5.41) is 0.920. The lowest BCUT2D eigenvalue weighted by Crippen LogP contribution is -2.36. The van der Waals surface area contributed by atoms with E-state index in [0.717, 1.165) is 16.5 Å². The van der Waals surface area contributed by atoms with Crippen molar-refractivity contribution in [2.24, 2.45) is 5.92 Å². The number of fused-ring (bicyclic) bond motifs is 3. The van der Waals surface area contributed by atoms with E-state index in [1.165, 1.54) is 7.11 Å². The van der Waals surface area contributed by atoms with Crippen molar-refractivity contribution in [3.63, 3.8) is 0 Å². The Hall–Kier alpha value is -3.28. The van der Waals surface area contributed by atoms with Crippen LogP contribution in [0, 0.1) is 5.92 Å². The molecule has 0 radical (unpaired) electrons. The van der Waals surface area contributed by atoms with Gasteiger partial charge in [0.05, 0.1) is 31.7 Å². The fraction of sp³-hybridized carbons (Fsp3) is 0.273. The maximum atomic E-state index is 13.1. The molecule has 0 aliphatic carbocycles. The Morgan fingerprint density at radius 3 is 2.50 bits per heavy atom. The molecule has 2 atom stereocenters. The van der Waals surface area contributed by atoms with Crippen molar-refractivity contribution in [1.82, 2.24) is 9.47 Å². The monoisotopic (exact) mass is 378 g/mol. The van der Waals surface area contributed by atoms with E-state index >= 15 is 0 Å². The Balaban J connectivity index is 2.05. The van der Waals surface area contributed by atoms with E-state index in [1.807, 2.05) is 59.2 Å². The van der Waals surface area contributed by atoms with Gasteiger partial charge in [-0.3, -0.25) is 9.59 Å². The minimum absolute atomic E-state index is 0.123. The highest BCUT2D eigenvalue weighted by Gasteiger charge is 2.40. The van der Waals surface area contributed by atoms with Gasteiger partial charge in [0.15, 0.2) is 0 Å². The number of nitrogens with zero attached hydrogens (tertiary/aromatic N) is 2. The molecule has 2 heterocycles. The van der Waals surface area contributed by atoms with Crippen LogP contribution in [0.25, 0.3) is 10.9 Å². The summed E-state index contributed by atoms with van der Waals surface area (Å²) in [4.78, 5) is 27.5. The second kappa shape index (κ2) is 7.03. The van der Waals surface area contributed by atoms with Gasteiger partial charge in [0, 0.05) is 25.0 Å². The van der Waals surface area contributed by atoms with Gasteiger partial charge in [-0.25, -0.2) is 0 Å². The van der Waals surface area contributed by atoms with Gasteiger partial charge in [-0.15, -0.1) is 0 Å². The molecule has 1 amide bonds. The number of rotatable bonds is 3. The number of carbonyl (C=O) groups excluding carboxylic acids is 2. The summed E-state index contributed by atoms with van der Waals surface area (Å²) < 4.78 is 12.5. The SMILES string of the molecule is COC(=O)[C@H]1CN(C)C(=O)c2cc3ccc(OC)cc3n2C1c1ccccc1. The van der Waals surface area contributed by atoms with E-state index < -0.39 is 5.92 Å². The summed E-state index contributed by atoms with van der Waals surface area (Å²) in [6.45, 7) is 0.276. The van der Waals surface area contributed by atoms with Crippen molar-refractivity contribution >= 4 is 22.8 Å². The summed E-state index contributed by atoms with van der Waals surface area (Å²) in [5.74, 6) is -0.308. The van der Waals surface area contributed by atoms with Gasteiger partial charge in [-0.2, -0.15) is 0 Å². The zero-order valence-electron chi connectivity index (χ0n) is 16.1. The fourth-order valence-corrected chi connectivity index (χ4v) is 4.03. The van der Waals surface area contributed by atoms with Crippen molar-refractivity contribution in [2.75, 3.05) is 27.8 Å². The van der Waals surface area contributed by atoms with Crippen molar-refractivity contribution < 1.29 is 19.1 Å². The van der Waals surface area contributed by atoms with E-state index in [2.05, 4.69) is 0 Å². The van der Waals surface area contributed by atoms with Crippen molar-refractivity contribution in [3.8, 4) is 5.75 Å². The summed E-state index contributed by atoms with van der Waals surface area (Å²) in [7, 11) is 4.71. The largest absolute Gasteiger partial charge is 0.497 e. The van der Waals surface area contributed by atoms with Crippen LogP contribution >= 0.6 is 0 Å². The number of esters is 1. The van der Waals surface area contributed by atoms with Crippen molar-refractivity contribution in [1.29, 1.82) is 0 Å². The average Bonchev–Trinajstić information content (AvgIpc) is 3.06. The molecule has 2 aromatic carbocycles. The van der Waals surface area contributed by atoms with Crippen LogP contribution in [0.4, 0.5) is 0 Å². The van der Waals surface area contributed by atoms with Gasteiger partial charge in [-0.05, 0) is 23.8 Å². The summed E-state index contributed by atoms with van der Waals surface area (Å²) in [6, 6.07) is 17.0. The molecule has 28 heavy (non-hydrogen) atoms. The second-order valence-corrected chi connectivity index (χ2v) is 7.00. The Morgan fingerprint density at radius 1 is 1.07 bits per heavy atom. The molecule has 1 unspecified atom stereocenters. The highest BCUT2D eigenvalue weighted by atomic mass is 16.5. The van der Waals surface area contributed by atoms with Gasteiger partial charge < -0.3 is 18.9 Å². The fourth-order valence-electron chi connectivity index (χ4n) is 4.03. The molecule has 1 aliphatic heterocycles. The van der Waals surface area contributed by atoms with Crippen LogP contribution in [-0.4, -0.2) is 49.2 Å². The van der Waals surface area contributed by atoms with Crippen molar-refractivity contribution in [3.05, 3.63) is 65.9 Å². The summed E-state index contributed by atoms with van der Waals surface area (Å²) >= 11 is 0. The van der Waals surface area contributed by atoms with Gasteiger partial charge >= 0.3 is 5.97 Å². The molecule has 0 saturated carbocycles. The zero-order chi connectivity index (χ0) is 19.8. The third-order valence-electron chi connectivity index (χ3n) is 5.39. The standard InChI is InChI=1S/C22H22N2O4/c1-23-13-17(22(26)28-3)20(14-7-5-4-6-8-14)24-18-12-16(27-2)10-9-15(18)11-19(24)21(23)25/h4-12,17,20H,13H2,1-3H3/t17-,20?/m0/s1. The van der Waals surface area contributed by atoms with Crippen LogP contribution in [0.15, 0.2) is 54.6 Å². The number of benzene rings is 2. The number of aromatic nitrogens is 1. The van der Waals surface area contributed by atoms with E-state index in [-0.39, 0.29) is 24.5 Å². The first-order chi connectivity index (χ1) is 13.5. The average molecular weight is 378 g/mol. The Morgan fingerprint density at radius 2 is 1.82 bits per heavy atom. The van der Waals surface area contributed by atoms with Crippen LogP contribution in [0.5, 0.6) is 5.75 Å². The Bertz CT molecular complexity index is 1040. The first-order valence-corrected chi connectivity index (χ1v) is 9.12. The van der Waals surface area contributed by atoms with Crippen LogP contribution in [0.2, 0.25) is 0 Å². The maximum absolute atomic E-state index is 13.1. The minimum atomic E-state index is -0.538. The van der Waals surface area contributed by atoms with Crippen LogP contribution in [0.3, 0.4) is 0 Å². The third-order valence-corrected chi connectivity index (χ3v) is 5.39. The Kier molecular flexibility index (Phi) is 4.55. The Labute approximate surface area is 163 Å². The lowest BCUT2D eigenvalue weighted by Gasteiger charge is -2.27. The van der Waals surface area contributed by atoms with E-state index in [0.29, 0.717) is 11.4 Å². The summed E-state index contributed by atoms with van der Waals surface area (Å²) in [5.41, 5.74) is 2.34. The number of carbonyl (C=O) groups is 2. The van der Waals surface area contributed by atoms with Gasteiger partial charge in [0.1, 0.15) is 11.4 Å². The van der Waals surface area contributed by atoms with Crippen LogP contribution in [-0.2, 0) is 9.53 Å². The molecule has 0 N–H and O–H groups in total. The predicted octanol–water partition coefficient (Wildman–Crippen LogP) is 3.11. The molecular weight excluding hydrogens is 356 g/mol. The predicted molar refractivity (Wildman–Crippen MR) is 106 cm³/mol. The van der Waals surface area contributed by atoms with Crippen LogP contribution in [0.1, 0.15) is 22.1 Å². The smallest absolute Gasteiger partial charge is 0.312 e. The van der Waals surface area contributed by atoms with E-state index in [4.69, 9.17) is 9.47 Å². The molecule has 1 aliphatic rings. The van der Waals surface area contributed by atoms with Gasteiger partial charge in [-0.1, -0.05) is 30.3 Å². The number of methoxy groups -OCH3 is 2. The van der Waals surface area contributed by atoms with Crippen molar-refractivity contribution in [2.45, 2.75) is 6.04 Å². The number of hydrogen-bond acceptors (Lipinski definition) is 4. The van der Waals surface area contributed by atoms with E-state index in [9.17, 15) is 9.59 Å². The lowest BCUT2D eigenvalue weighted by molar-refractivity contribution is -0.146. The third kappa shape index (κ3) is 2.81. The molecule has 4 rings (SSSR count). The maximum Gasteiger partial charge on any atom is 0.312 e. The molecular formula is C22H22N2O4. The minimum Gasteiger partial charge on any atom is -0.497 e. The van der Waals surface area contributed by atoms with Gasteiger partial charge in [0.2, 0.25) is 0 Å². The summed E-state index contributed by atoms with van der Waals surface area (Å²) in [6.07, 6.45) is 0. The van der Waals surface area contributed by atoms with Gasteiger partial charge in [0.25, 0.3) is 5.91 Å². The molecule has 0 bridgehead atoms. The van der Waals surface area contributed by atoms with Crippen LogP contribution < -0.4 is 4.74 Å². The molecule has 6 heteroatoms. The first-order valence-electron chi connectivity index (χ1n) is 9.12. The molecule has 0 saturated heterocycles. The quantitative estimate of drug-likeness (QED) is 0.657. The van der Waals surface area contributed by atoms with E-state index in [1.54, 1.807) is 19.1 Å². The number of ether oxygens (including phenoxy) is 2.